The molecule has 2 N–H and O–H groups in total. The van der Waals surface area contributed by atoms with Crippen LogP contribution in [0.15, 0.2) is 29.3 Å². The van der Waals surface area contributed by atoms with Crippen molar-refractivity contribution in [3.05, 3.63) is 46.8 Å². The molecule has 0 spiro atoms. The van der Waals surface area contributed by atoms with Gasteiger partial charge in [-0.25, -0.2) is 4.99 Å². The van der Waals surface area contributed by atoms with Gasteiger partial charge in [-0.1, -0.05) is 12.1 Å². The van der Waals surface area contributed by atoms with E-state index >= 15 is 0 Å². The molecule has 0 aliphatic rings. The SMILES string of the molecule is CCNC(=NCc1c(C)nn(C)c1C)NCC(c1ccc(OC)cc1)N(C)C.I. The zero-order chi connectivity index (χ0) is 20.7. The van der Waals surface area contributed by atoms with Crippen LogP contribution in [0.3, 0.4) is 0 Å². The number of likely N-dealkylation sites (N-methyl/N-ethyl adjacent to an activating group) is 1. The van der Waals surface area contributed by atoms with Gasteiger partial charge in [0.05, 0.1) is 25.4 Å². The number of rotatable bonds is 8. The van der Waals surface area contributed by atoms with Crippen LogP contribution in [-0.4, -0.2) is 54.9 Å². The van der Waals surface area contributed by atoms with Crippen LogP contribution in [0.2, 0.25) is 0 Å². The lowest BCUT2D eigenvalue weighted by Gasteiger charge is -2.26. The van der Waals surface area contributed by atoms with E-state index in [0.29, 0.717) is 6.54 Å². The minimum atomic E-state index is 0. The van der Waals surface area contributed by atoms with Crippen LogP contribution < -0.4 is 15.4 Å². The zero-order valence-corrected chi connectivity index (χ0v) is 20.9. The highest BCUT2D eigenvalue weighted by molar-refractivity contribution is 14.0. The standard InChI is InChI=1S/C21H34N6O.HI/c1-8-22-21(23-13-19-15(2)25-27(6)16(19)3)24-14-20(26(4)5)17-9-11-18(28-7)12-10-17;/h9-12,20H,8,13-14H2,1-7H3,(H2,22,23,24);1H. The van der Waals surface area contributed by atoms with E-state index in [-0.39, 0.29) is 30.0 Å². The molecule has 8 heteroatoms. The number of guanidine groups is 1. The molecule has 2 rings (SSSR count). The van der Waals surface area contributed by atoms with Gasteiger partial charge in [0.25, 0.3) is 0 Å². The van der Waals surface area contributed by atoms with Crippen molar-refractivity contribution in [3.8, 4) is 5.75 Å². The molecule has 0 bridgehead atoms. The van der Waals surface area contributed by atoms with Crippen molar-refractivity contribution in [2.24, 2.45) is 12.0 Å². The molecule has 0 aliphatic carbocycles. The van der Waals surface area contributed by atoms with E-state index in [1.807, 2.05) is 30.8 Å². The van der Waals surface area contributed by atoms with Crippen molar-refractivity contribution in [3.63, 3.8) is 0 Å². The molecule has 1 unspecified atom stereocenters. The molecule has 0 saturated carbocycles. The molecule has 0 amide bonds. The number of aliphatic imine (C=N–C) groups is 1. The highest BCUT2D eigenvalue weighted by atomic mass is 127. The molecule has 1 atom stereocenters. The molecule has 29 heavy (non-hydrogen) atoms. The first-order valence-corrected chi connectivity index (χ1v) is 9.69. The second kappa shape index (κ2) is 12.0. The topological polar surface area (TPSA) is 66.7 Å². The molecule has 1 heterocycles. The van der Waals surface area contributed by atoms with Gasteiger partial charge in [-0.15, -0.1) is 24.0 Å². The first-order chi connectivity index (χ1) is 13.4. The van der Waals surface area contributed by atoms with Crippen LogP contribution in [-0.2, 0) is 13.6 Å². The van der Waals surface area contributed by atoms with E-state index < -0.39 is 0 Å². The Morgan fingerprint density at radius 1 is 1.21 bits per heavy atom. The summed E-state index contributed by atoms with van der Waals surface area (Å²) in [5.41, 5.74) is 4.60. The molecule has 0 fully saturated rings. The maximum Gasteiger partial charge on any atom is 0.191 e. The van der Waals surface area contributed by atoms with Crippen molar-refractivity contribution in [1.29, 1.82) is 0 Å². The highest BCUT2D eigenvalue weighted by Gasteiger charge is 2.15. The minimum Gasteiger partial charge on any atom is -0.497 e. The highest BCUT2D eigenvalue weighted by Crippen LogP contribution is 2.20. The number of ether oxygens (including phenoxy) is 1. The van der Waals surface area contributed by atoms with E-state index in [0.717, 1.165) is 36.2 Å². The number of halogens is 1. The molecule has 1 aromatic carbocycles. The zero-order valence-electron chi connectivity index (χ0n) is 18.6. The lowest BCUT2D eigenvalue weighted by atomic mass is 10.1. The molecule has 2 aromatic rings. The quantitative estimate of drug-likeness (QED) is 0.322. The van der Waals surface area contributed by atoms with Crippen LogP contribution in [0.5, 0.6) is 5.75 Å². The summed E-state index contributed by atoms with van der Waals surface area (Å²) in [6, 6.07) is 8.43. The van der Waals surface area contributed by atoms with Crippen molar-refractivity contribution in [1.82, 2.24) is 25.3 Å². The fourth-order valence-electron chi connectivity index (χ4n) is 3.16. The number of hydrogen-bond acceptors (Lipinski definition) is 4. The second-order valence-electron chi connectivity index (χ2n) is 7.10. The van der Waals surface area contributed by atoms with E-state index in [1.54, 1.807) is 7.11 Å². The summed E-state index contributed by atoms with van der Waals surface area (Å²) in [4.78, 5) is 6.98. The number of methoxy groups -OCH3 is 1. The molecule has 7 nitrogen and oxygen atoms in total. The first kappa shape index (κ1) is 25.2. The summed E-state index contributed by atoms with van der Waals surface area (Å²) in [6.07, 6.45) is 0. The Morgan fingerprint density at radius 3 is 2.34 bits per heavy atom. The summed E-state index contributed by atoms with van der Waals surface area (Å²) in [6.45, 7) is 8.35. The van der Waals surface area contributed by atoms with Crippen molar-refractivity contribution >= 4 is 29.9 Å². The van der Waals surface area contributed by atoms with E-state index in [4.69, 9.17) is 9.73 Å². The molecule has 0 radical (unpaired) electrons. The fourth-order valence-corrected chi connectivity index (χ4v) is 3.16. The Hall–Kier alpha value is -1.81. The van der Waals surface area contributed by atoms with Gasteiger partial charge >= 0.3 is 0 Å². The third-order valence-electron chi connectivity index (χ3n) is 4.99. The number of benzene rings is 1. The van der Waals surface area contributed by atoms with Gasteiger partial charge in [-0.3, -0.25) is 4.68 Å². The maximum atomic E-state index is 5.27. The number of nitrogens with one attached hydrogen (secondary N) is 2. The van der Waals surface area contributed by atoms with Crippen LogP contribution in [0.25, 0.3) is 0 Å². The fraction of sp³-hybridized carbons (Fsp3) is 0.524. The number of nitrogens with zero attached hydrogens (tertiary/aromatic N) is 4. The lowest BCUT2D eigenvalue weighted by Crippen LogP contribution is -2.41. The van der Waals surface area contributed by atoms with Crippen LogP contribution >= 0.6 is 24.0 Å². The predicted octanol–water partition coefficient (Wildman–Crippen LogP) is 3.02. The van der Waals surface area contributed by atoms with Crippen LogP contribution in [0, 0.1) is 13.8 Å². The Kier molecular flexibility index (Phi) is 10.5. The van der Waals surface area contributed by atoms with Gasteiger partial charge in [0.2, 0.25) is 0 Å². The Labute approximate surface area is 191 Å². The number of aromatic nitrogens is 2. The van der Waals surface area contributed by atoms with E-state index in [1.165, 1.54) is 11.1 Å². The normalized spacial score (nSPS) is 12.5. The minimum absolute atomic E-state index is 0. The second-order valence-corrected chi connectivity index (χ2v) is 7.10. The monoisotopic (exact) mass is 514 g/mol. The van der Waals surface area contributed by atoms with Crippen molar-refractivity contribution < 1.29 is 4.74 Å². The Bertz CT molecular complexity index is 785. The van der Waals surface area contributed by atoms with Crippen LogP contribution in [0.4, 0.5) is 0 Å². The molecule has 162 valence electrons. The van der Waals surface area contributed by atoms with Crippen molar-refractivity contribution in [2.75, 3.05) is 34.3 Å². The lowest BCUT2D eigenvalue weighted by molar-refractivity contribution is 0.298. The number of hydrogen-bond donors (Lipinski definition) is 2. The maximum absolute atomic E-state index is 5.27. The summed E-state index contributed by atoms with van der Waals surface area (Å²) in [7, 11) is 7.83. The molecular weight excluding hydrogens is 479 g/mol. The third-order valence-corrected chi connectivity index (χ3v) is 4.99. The summed E-state index contributed by atoms with van der Waals surface area (Å²) in [5, 5.41) is 11.3. The van der Waals surface area contributed by atoms with Gasteiger partial charge in [-0.05, 0) is 52.6 Å². The Balaban J connectivity index is 0.00000420. The molecule has 0 aliphatic heterocycles. The summed E-state index contributed by atoms with van der Waals surface area (Å²) < 4.78 is 7.18. The first-order valence-electron chi connectivity index (χ1n) is 9.69. The van der Waals surface area contributed by atoms with E-state index in [9.17, 15) is 0 Å². The largest absolute Gasteiger partial charge is 0.497 e. The average Bonchev–Trinajstić information content (AvgIpc) is 2.91. The molecule has 0 saturated heterocycles. The van der Waals surface area contributed by atoms with Gasteiger partial charge in [0, 0.05) is 31.4 Å². The molecular formula is C21H35IN6O. The van der Waals surface area contributed by atoms with Gasteiger partial charge in [0.15, 0.2) is 5.96 Å². The van der Waals surface area contributed by atoms with E-state index in [2.05, 4.69) is 60.7 Å². The smallest absolute Gasteiger partial charge is 0.191 e. The predicted molar refractivity (Wildman–Crippen MR) is 130 cm³/mol. The van der Waals surface area contributed by atoms with Gasteiger partial charge in [-0.2, -0.15) is 5.10 Å². The average molecular weight is 514 g/mol. The third kappa shape index (κ3) is 6.88. The number of aryl methyl sites for hydroxylation is 2. The van der Waals surface area contributed by atoms with Crippen molar-refractivity contribution in [2.45, 2.75) is 33.4 Å². The summed E-state index contributed by atoms with van der Waals surface area (Å²) in [5.74, 6) is 1.68. The summed E-state index contributed by atoms with van der Waals surface area (Å²) >= 11 is 0. The van der Waals surface area contributed by atoms with Crippen LogP contribution in [0.1, 0.15) is 35.5 Å². The Morgan fingerprint density at radius 2 is 1.86 bits per heavy atom. The van der Waals surface area contributed by atoms with Gasteiger partial charge < -0.3 is 20.3 Å². The van der Waals surface area contributed by atoms with Gasteiger partial charge in [0.1, 0.15) is 5.75 Å². The molecule has 1 aromatic heterocycles.